The van der Waals surface area contributed by atoms with E-state index in [2.05, 4.69) is 24.3 Å². The Bertz CT molecular complexity index is 783. The van der Waals surface area contributed by atoms with Gasteiger partial charge in [-0.05, 0) is 34.7 Å². The Morgan fingerprint density at radius 2 is 1.33 bits per heavy atom. The molecule has 3 aromatic carbocycles. The molecule has 3 nitrogen and oxygen atoms in total. The molecule has 0 saturated carbocycles. The first-order valence-corrected chi connectivity index (χ1v) is 8.35. The average molecular weight is 320 g/mol. The highest BCUT2D eigenvalue weighted by molar-refractivity contribution is 5.85. The molecule has 0 aromatic heterocycles. The van der Waals surface area contributed by atoms with Crippen molar-refractivity contribution in [3.05, 3.63) is 83.9 Å². The van der Waals surface area contributed by atoms with Gasteiger partial charge >= 0.3 is 0 Å². The topological polar surface area (TPSA) is 72.3 Å². The van der Waals surface area contributed by atoms with E-state index >= 15 is 0 Å². The van der Waals surface area contributed by atoms with E-state index in [0.717, 1.165) is 11.1 Å². The van der Waals surface area contributed by atoms with E-state index in [1.807, 2.05) is 48.5 Å². The Hall–Kier alpha value is -2.20. The van der Waals surface area contributed by atoms with E-state index < -0.39 is 12.1 Å². The Balaban J connectivity index is 1.70. The molecule has 0 heterocycles. The van der Waals surface area contributed by atoms with Gasteiger partial charge in [0.2, 0.25) is 0 Å². The third kappa shape index (κ3) is 3.82. The summed E-state index contributed by atoms with van der Waals surface area (Å²) in [5.41, 5.74) is 14.7. The summed E-state index contributed by atoms with van der Waals surface area (Å²) in [6, 6.07) is 23.6. The quantitative estimate of drug-likeness (QED) is 0.654. The summed E-state index contributed by atoms with van der Waals surface area (Å²) in [7, 11) is 0. The van der Waals surface area contributed by atoms with Gasteiger partial charge in [0.25, 0.3) is 0 Å². The van der Waals surface area contributed by atoms with Gasteiger partial charge in [-0.2, -0.15) is 0 Å². The van der Waals surface area contributed by atoms with Crippen LogP contribution in [-0.4, -0.2) is 23.3 Å². The standard InChI is InChI=1S/C21H24N2O/c22-19(13-15-7-2-1-3-8-15)21(24)20(23)14-17-11-6-10-16-9-4-5-12-18(16)17/h1-12,19-21,24H,13-14,22-23H2/t19-,20-,21-/m1/s1. The lowest BCUT2D eigenvalue weighted by molar-refractivity contribution is 0.116. The molecule has 5 N–H and O–H groups in total. The Morgan fingerprint density at radius 3 is 2.12 bits per heavy atom. The maximum atomic E-state index is 10.5. The summed E-state index contributed by atoms with van der Waals surface area (Å²) in [5, 5.41) is 12.9. The normalized spacial score (nSPS) is 15.1. The van der Waals surface area contributed by atoms with Crippen molar-refractivity contribution in [3.63, 3.8) is 0 Å². The van der Waals surface area contributed by atoms with Gasteiger partial charge in [-0.3, -0.25) is 0 Å². The lowest BCUT2D eigenvalue weighted by atomic mass is 9.92. The predicted octanol–water partition coefficient (Wildman–Crippen LogP) is 2.64. The molecule has 0 radical (unpaired) electrons. The van der Waals surface area contributed by atoms with Gasteiger partial charge in [-0.1, -0.05) is 72.8 Å². The number of rotatable bonds is 6. The smallest absolute Gasteiger partial charge is 0.0848 e. The van der Waals surface area contributed by atoms with Crippen molar-refractivity contribution >= 4 is 10.8 Å². The molecule has 3 atom stereocenters. The molecule has 0 aliphatic carbocycles. The van der Waals surface area contributed by atoms with Crippen molar-refractivity contribution in [3.8, 4) is 0 Å². The van der Waals surface area contributed by atoms with Crippen LogP contribution in [0.2, 0.25) is 0 Å². The van der Waals surface area contributed by atoms with Gasteiger partial charge in [0.1, 0.15) is 0 Å². The monoisotopic (exact) mass is 320 g/mol. The van der Waals surface area contributed by atoms with Gasteiger partial charge in [-0.15, -0.1) is 0 Å². The fraction of sp³-hybridized carbons (Fsp3) is 0.238. The number of hydrogen-bond donors (Lipinski definition) is 3. The van der Waals surface area contributed by atoms with E-state index in [9.17, 15) is 5.11 Å². The maximum absolute atomic E-state index is 10.5. The molecule has 0 unspecified atom stereocenters. The second-order valence-corrected chi connectivity index (χ2v) is 6.35. The van der Waals surface area contributed by atoms with E-state index in [4.69, 9.17) is 11.5 Å². The number of aliphatic hydroxyl groups excluding tert-OH is 1. The van der Waals surface area contributed by atoms with Crippen LogP contribution in [0, 0.1) is 0 Å². The molecule has 24 heavy (non-hydrogen) atoms. The molecule has 0 saturated heterocycles. The summed E-state index contributed by atoms with van der Waals surface area (Å²) >= 11 is 0. The Morgan fingerprint density at radius 1 is 0.708 bits per heavy atom. The maximum Gasteiger partial charge on any atom is 0.0848 e. The highest BCUT2D eigenvalue weighted by Crippen LogP contribution is 2.20. The first-order chi connectivity index (χ1) is 11.6. The number of benzene rings is 3. The van der Waals surface area contributed by atoms with Crippen LogP contribution in [0.1, 0.15) is 11.1 Å². The first-order valence-electron chi connectivity index (χ1n) is 8.35. The molecular weight excluding hydrogens is 296 g/mol. The van der Waals surface area contributed by atoms with E-state index in [-0.39, 0.29) is 6.04 Å². The number of nitrogens with two attached hydrogens (primary N) is 2. The number of fused-ring (bicyclic) bond motifs is 1. The summed E-state index contributed by atoms with van der Waals surface area (Å²) in [6.45, 7) is 0. The van der Waals surface area contributed by atoms with Gasteiger partial charge < -0.3 is 16.6 Å². The van der Waals surface area contributed by atoms with Gasteiger partial charge in [-0.25, -0.2) is 0 Å². The second kappa shape index (κ2) is 7.58. The van der Waals surface area contributed by atoms with Gasteiger partial charge in [0, 0.05) is 12.1 Å². The number of hydrogen-bond acceptors (Lipinski definition) is 3. The van der Waals surface area contributed by atoms with Crippen molar-refractivity contribution in [2.24, 2.45) is 11.5 Å². The predicted molar refractivity (Wildman–Crippen MR) is 99.8 cm³/mol. The minimum absolute atomic E-state index is 0.377. The third-order valence-electron chi connectivity index (χ3n) is 4.53. The molecule has 0 amide bonds. The second-order valence-electron chi connectivity index (χ2n) is 6.35. The molecule has 3 rings (SSSR count). The highest BCUT2D eigenvalue weighted by atomic mass is 16.3. The van der Waals surface area contributed by atoms with Crippen LogP contribution in [0.4, 0.5) is 0 Å². The fourth-order valence-corrected chi connectivity index (χ4v) is 3.17. The number of aliphatic hydroxyl groups is 1. The van der Waals surface area contributed by atoms with E-state index in [0.29, 0.717) is 12.8 Å². The molecule has 3 heteroatoms. The van der Waals surface area contributed by atoms with Crippen LogP contribution in [0.15, 0.2) is 72.8 Å². The summed E-state index contributed by atoms with van der Waals surface area (Å²) < 4.78 is 0. The summed E-state index contributed by atoms with van der Waals surface area (Å²) in [4.78, 5) is 0. The van der Waals surface area contributed by atoms with Gasteiger partial charge in [0.15, 0.2) is 0 Å². The molecule has 0 bridgehead atoms. The minimum atomic E-state index is -0.746. The lowest BCUT2D eigenvalue weighted by Gasteiger charge is -2.25. The molecule has 0 aliphatic heterocycles. The van der Waals surface area contributed by atoms with Crippen molar-refractivity contribution in [1.29, 1.82) is 0 Å². The minimum Gasteiger partial charge on any atom is -0.390 e. The zero-order valence-electron chi connectivity index (χ0n) is 13.7. The summed E-state index contributed by atoms with van der Waals surface area (Å²) in [5.74, 6) is 0. The van der Waals surface area contributed by atoms with Crippen LogP contribution < -0.4 is 11.5 Å². The van der Waals surface area contributed by atoms with Crippen LogP contribution in [0.3, 0.4) is 0 Å². The SMILES string of the molecule is N[C@H](Cc1ccccc1)[C@@H](O)[C@H](N)Cc1cccc2ccccc12. The van der Waals surface area contributed by atoms with Crippen molar-refractivity contribution < 1.29 is 5.11 Å². The van der Waals surface area contributed by atoms with Gasteiger partial charge in [0.05, 0.1) is 6.10 Å². The zero-order chi connectivity index (χ0) is 16.9. The Kier molecular flexibility index (Phi) is 5.26. The fourth-order valence-electron chi connectivity index (χ4n) is 3.17. The van der Waals surface area contributed by atoms with Crippen LogP contribution in [0.25, 0.3) is 10.8 Å². The van der Waals surface area contributed by atoms with Crippen molar-refractivity contribution in [2.75, 3.05) is 0 Å². The molecular formula is C21H24N2O. The average Bonchev–Trinajstić information content (AvgIpc) is 2.62. The van der Waals surface area contributed by atoms with Crippen LogP contribution in [-0.2, 0) is 12.8 Å². The van der Waals surface area contributed by atoms with E-state index in [1.165, 1.54) is 10.8 Å². The van der Waals surface area contributed by atoms with Crippen LogP contribution >= 0.6 is 0 Å². The van der Waals surface area contributed by atoms with Crippen molar-refractivity contribution in [2.45, 2.75) is 31.0 Å². The Labute approximate surface area is 142 Å². The van der Waals surface area contributed by atoms with Crippen molar-refractivity contribution in [1.82, 2.24) is 0 Å². The lowest BCUT2D eigenvalue weighted by Crippen LogP contribution is -2.49. The molecule has 124 valence electrons. The largest absolute Gasteiger partial charge is 0.390 e. The van der Waals surface area contributed by atoms with E-state index in [1.54, 1.807) is 0 Å². The summed E-state index contributed by atoms with van der Waals surface area (Å²) in [6.07, 6.45) is 0.472. The first kappa shape index (κ1) is 16.7. The molecule has 0 fully saturated rings. The zero-order valence-corrected chi connectivity index (χ0v) is 13.7. The van der Waals surface area contributed by atoms with Crippen LogP contribution in [0.5, 0.6) is 0 Å². The highest BCUT2D eigenvalue weighted by Gasteiger charge is 2.23. The molecule has 3 aromatic rings. The third-order valence-corrected chi connectivity index (χ3v) is 4.53. The molecule has 0 spiro atoms. The molecule has 0 aliphatic rings.